The molecule has 0 bridgehead atoms. The summed E-state index contributed by atoms with van der Waals surface area (Å²) in [5.41, 5.74) is 4.15. The van der Waals surface area contributed by atoms with Gasteiger partial charge in [0, 0.05) is 60.8 Å². The quantitative estimate of drug-likeness (QED) is 0.584. The lowest BCUT2D eigenvalue weighted by Crippen LogP contribution is -2.44. The first-order valence-electron chi connectivity index (χ1n) is 10.3. The minimum Gasteiger partial charge on any atom is -0.353 e. The SMILES string of the molecule is CN1CCN(c2ncnc3ccc(-c4c[nH]c5nc(C6CC6)ncc45)cc23)CC1. The molecule has 1 saturated carbocycles. The number of aromatic amines is 1. The van der Waals surface area contributed by atoms with Crippen molar-refractivity contribution in [2.24, 2.45) is 0 Å². The molecular weight excluding hydrogens is 362 g/mol. The summed E-state index contributed by atoms with van der Waals surface area (Å²) < 4.78 is 0. The van der Waals surface area contributed by atoms with Crippen molar-refractivity contribution < 1.29 is 0 Å². The van der Waals surface area contributed by atoms with Crippen molar-refractivity contribution >= 4 is 27.8 Å². The van der Waals surface area contributed by atoms with E-state index < -0.39 is 0 Å². The fourth-order valence-corrected chi connectivity index (χ4v) is 4.18. The number of anilines is 1. The second kappa shape index (κ2) is 6.49. The molecule has 7 nitrogen and oxygen atoms in total. The molecule has 4 aromatic rings. The monoisotopic (exact) mass is 385 g/mol. The maximum atomic E-state index is 4.74. The van der Waals surface area contributed by atoms with Gasteiger partial charge in [-0.25, -0.2) is 19.9 Å². The van der Waals surface area contributed by atoms with Crippen LogP contribution in [0.25, 0.3) is 33.1 Å². The van der Waals surface area contributed by atoms with Gasteiger partial charge in [0.1, 0.15) is 23.6 Å². The topological polar surface area (TPSA) is 73.8 Å². The first-order valence-corrected chi connectivity index (χ1v) is 10.3. The fourth-order valence-electron chi connectivity index (χ4n) is 4.18. The number of fused-ring (bicyclic) bond motifs is 2. The van der Waals surface area contributed by atoms with Gasteiger partial charge >= 0.3 is 0 Å². The molecule has 0 spiro atoms. The Labute approximate surface area is 168 Å². The highest BCUT2D eigenvalue weighted by Gasteiger charge is 2.27. The molecule has 4 heterocycles. The number of rotatable bonds is 3. The molecule has 146 valence electrons. The van der Waals surface area contributed by atoms with Crippen LogP contribution in [0, 0.1) is 0 Å². The Bertz CT molecular complexity index is 1200. The van der Waals surface area contributed by atoms with E-state index >= 15 is 0 Å². The lowest BCUT2D eigenvalue weighted by molar-refractivity contribution is 0.312. The lowest BCUT2D eigenvalue weighted by atomic mass is 10.0. The van der Waals surface area contributed by atoms with E-state index in [1.54, 1.807) is 6.33 Å². The number of likely N-dealkylation sites (N-methyl/N-ethyl adjacent to an activating group) is 1. The average molecular weight is 385 g/mol. The predicted octanol–water partition coefficient (Wildman–Crippen LogP) is 3.20. The summed E-state index contributed by atoms with van der Waals surface area (Å²) in [6.45, 7) is 4.07. The minimum atomic E-state index is 0.551. The second-order valence-corrected chi connectivity index (χ2v) is 8.19. The first-order chi connectivity index (χ1) is 14.3. The fraction of sp³-hybridized carbons (Fsp3) is 0.364. The van der Waals surface area contributed by atoms with Crippen LogP contribution in [-0.2, 0) is 0 Å². The van der Waals surface area contributed by atoms with Crippen LogP contribution in [0.4, 0.5) is 5.82 Å². The molecule has 1 N–H and O–H groups in total. The van der Waals surface area contributed by atoms with Crippen LogP contribution < -0.4 is 4.90 Å². The Kier molecular flexibility index (Phi) is 3.77. The molecule has 0 amide bonds. The van der Waals surface area contributed by atoms with E-state index in [4.69, 9.17) is 4.98 Å². The molecule has 7 heteroatoms. The van der Waals surface area contributed by atoms with Gasteiger partial charge in [-0.1, -0.05) is 6.07 Å². The summed E-state index contributed by atoms with van der Waals surface area (Å²) >= 11 is 0. The van der Waals surface area contributed by atoms with Crippen LogP contribution in [0.2, 0.25) is 0 Å². The zero-order valence-corrected chi connectivity index (χ0v) is 16.5. The summed E-state index contributed by atoms with van der Waals surface area (Å²) in [5.74, 6) is 2.54. The van der Waals surface area contributed by atoms with Gasteiger partial charge in [0.05, 0.1) is 5.52 Å². The van der Waals surface area contributed by atoms with Gasteiger partial charge in [-0.3, -0.25) is 0 Å². The van der Waals surface area contributed by atoms with Crippen LogP contribution in [0.1, 0.15) is 24.6 Å². The Balaban J connectivity index is 1.43. The van der Waals surface area contributed by atoms with Crippen molar-refractivity contribution in [3.63, 3.8) is 0 Å². The zero-order valence-electron chi connectivity index (χ0n) is 16.5. The van der Waals surface area contributed by atoms with Crippen LogP contribution in [0.15, 0.2) is 36.9 Å². The Morgan fingerprint density at radius 2 is 1.86 bits per heavy atom. The number of hydrogen-bond acceptors (Lipinski definition) is 6. The second-order valence-electron chi connectivity index (χ2n) is 8.19. The van der Waals surface area contributed by atoms with Gasteiger partial charge in [0.2, 0.25) is 0 Å². The van der Waals surface area contributed by atoms with Crippen molar-refractivity contribution in [3.05, 3.63) is 42.7 Å². The van der Waals surface area contributed by atoms with Gasteiger partial charge < -0.3 is 14.8 Å². The largest absolute Gasteiger partial charge is 0.353 e. The third kappa shape index (κ3) is 2.93. The standard InChI is InChI=1S/C22H23N7/c1-28-6-8-29(9-7-28)22-16-10-15(4-5-19(16)25-13-26-22)17-11-24-21-18(17)12-23-20(27-21)14-2-3-14/h4-5,10-14H,2-3,6-9H2,1H3,(H,23,24,27). The lowest BCUT2D eigenvalue weighted by Gasteiger charge is -2.33. The highest BCUT2D eigenvalue weighted by Crippen LogP contribution is 2.39. The molecule has 3 aromatic heterocycles. The summed E-state index contributed by atoms with van der Waals surface area (Å²) in [6.07, 6.45) is 8.09. The summed E-state index contributed by atoms with van der Waals surface area (Å²) in [4.78, 5) is 26.6. The third-order valence-electron chi connectivity index (χ3n) is 6.12. The number of aromatic nitrogens is 5. The van der Waals surface area contributed by atoms with E-state index in [0.717, 1.165) is 70.9 Å². The number of hydrogen-bond donors (Lipinski definition) is 1. The molecule has 1 aromatic carbocycles. The Morgan fingerprint density at radius 3 is 2.69 bits per heavy atom. The highest BCUT2D eigenvalue weighted by atomic mass is 15.3. The smallest absolute Gasteiger partial charge is 0.141 e. The number of nitrogens with zero attached hydrogens (tertiary/aromatic N) is 6. The van der Waals surface area contributed by atoms with Crippen molar-refractivity contribution in [2.75, 3.05) is 38.1 Å². The molecule has 0 atom stereocenters. The summed E-state index contributed by atoms with van der Waals surface area (Å²) in [7, 11) is 2.17. The molecule has 0 unspecified atom stereocenters. The van der Waals surface area contributed by atoms with Gasteiger partial charge in [-0.2, -0.15) is 0 Å². The maximum Gasteiger partial charge on any atom is 0.141 e. The van der Waals surface area contributed by atoms with Crippen molar-refractivity contribution in [2.45, 2.75) is 18.8 Å². The molecule has 29 heavy (non-hydrogen) atoms. The Hall–Kier alpha value is -3.06. The molecule has 0 radical (unpaired) electrons. The van der Waals surface area contributed by atoms with E-state index in [2.05, 4.69) is 55.0 Å². The van der Waals surface area contributed by atoms with E-state index in [-0.39, 0.29) is 0 Å². The van der Waals surface area contributed by atoms with Crippen LogP contribution in [-0.4, -0.2) is 63.0 Å². The summed E-state index contributed by atoms with van der Waals surface area (Å²) in [5, 5.41) is 2.16. The normalized spacial score (nSPS) is 18.0. The zero-order chi connectivity index (χ0) is 19.4. The van der Waals surface area contributed by atoms with Crippen LogP contribution in [0.3, 0.4) is 0 Å². The molecule has 1 saturated heterocycles. The van der Waals surface area contributed by atoms with E-state index in [1.165, 1.54) is 12.8 Å². The van der Waals surface area contributed by atoms with Gasteiger partial charge in [-0.15, -0.1) is 0 Å². The first kappa shape index (κ1) is 16.9. The predicted molar refractivity (Wildman–Crippen MR) is 114 cm³/mol. The van der Waals surface area contributed by atoms with Crippen molar-refractivity contribution in [1.82, 2.24) is 29.8 Å². The highest BCUT2D eigenvalue weighted by molar-refractivity contribution is 5.98. The Morgan fingerprint density at radius 1 is 1.00 bits per heavy atom. The number of piperazine rings is 1. The van der Waals surface area contributed by atoms with Gasteiger partial charge in [-0.05, 0) is 37.6 Å². The molecule has 1 aliphatic heterocycles. The van der Waals surface area contributed by atoms with Crippen LogP contribution in [0.5, 0.6) is 0 Å². The van der Waals surface area contributed by atoms with Gasteiger partial charge in [0.25, 0.3) is 0 Å². The van der Waals surface area contributed by atoms with Crippen LogP contribution >= 0.6 is 0 Å². The molecular formula is C22H23N7. The van der Waals surface area contributed by atoms with Crippen molar-refractivity contribution in [3.8, 4) is 11.1 Å². The molecule has 6 rings (SSSR count). The number of benzene rings is 1. The molecule has 2 aliphatic rings. The third-order valence-corrected chi connectivity index (χ3v) is 6.12. The summed E-state index contributed by atoms with van der Waals surface area (Å²) in [6, 6.07) is 6.42. The van der Waals surface area contributed by atoms with E-state index in [1.807, 2.05) is 12.4 Å². The maximum absolute atomic E-state index is 4.74. The number of nitrogens with one attached hydrogen (secondary N) is 1. The molecule has 2 fully saturated rings. The number of H-pyrrole nitrogens is 1. The molecule has 1 aliphatic carbocycles. The van der Waals surface area contributed by atoms with Crippen molar-refractivity contribution in [1.29, 1.82) is 0 Å². The average Bonchev–Trinajstić information content (AvgIpc) is 3.53. The van der Waals surface area contributed by atoms with E-state index in [0.29, 0.717) is 5.92 Å². The minimum absolute atomic E-state index is 0.551. The van der Waals surface area contributed by atoms with E-state index in [9.17, 15) is 0 Å². The van der Waals surface area contributed by atoms with Gasteiger partial charge in [0.15, 0.2) is 0 Å².